The van der Waals surface area contributed by atoms with Crippen LogP contribution in [-0.2, 0) is 6.42 Å². The molecule has 5 rings (SSSR count). The summed E-state index contributed by atoms with van der Waals surface area (Å²) in [6, 6.07) is 13.9. The summed E-state index contributed by atoms with van der Waals surface area (Å²) in [6.07, 6.45) is 7.43. The third kappa shape index (κ3) is 7.68. The summed E-state index contributed by atoms with van der Waals surface area (Å²) >= 11 is 6.27. The Labute approximate surface area is 263 Å². The third-order valence-electron chi connectivity index (χ3n) is 8.44. The van der Waals surface area contributed by atoms with Crippen LogP contribution in [0, 0.1) is 11.2 Å². The molecule has 0 radical (unpaired) electrons. The van der Waals surface area contributed by atoms with Crippen LogP contribution in [0.2, 0.25) is 5.02 Å². The van der Waals surface area contributed by atoms with Gasteiger partial charge in [-0.1, -0.05) is 30.2 Å². The number of fused-ring (bicyclic) bond motifs is 1. The van der Waals surface area contributed by atoms with Gasteiger partial charge in [0.1, 0.15) is 11.3 Å². The number of nitrogens with two attached hydrogens (primary N) is 2. The van der Waals surface area contributed by atoms with Gasteiger partial charge < -0.3 is 37.1 Å². The summed E-state index contributed by atoms with van der Waals surface area (Å²) in [5.74, 6) is -0.123. The Kier molecular flexibility index (Phi) is 10.4. The average molecular weight is 623 g/mol. The second kappa shape index (κ2) is 14.2. The molecule has 236 valence electrons. The smallest absolute Gasteiger partial charge is 0.231 e. The zero-order valence-electron chi connectivity index (χ0n) is 25.4. The van der Waals surface area contributed by atoms with Crippen LogP contribution in [0.4, 0.5) is 10.1 Å². The third-order valence-corrected chi connectivity index (χ3v) is 8.72. The highest BCUT2D eigenvalue weighted by Crippen LogP contribution is 2.30. The summed E-state index contributed by atoms with van der Waals surface area (Å²) in [5, 5.41) is 26.5. The van der Waals surface area contributed by atoms with E-state index in [-0.39, 0.29) is 23.1 Å². The Bertz CT molecular complexity index is 1570. The molecule has 0 spiro atoms. The largest absolute Gasteiger partial charge is 0.373 e. The first-order chi connectivity index (χ1) is 21.1. The van der Waals surface area contributed by atoms with Gasteiger partial charge in [0.15, 0.2) is 5.82 Å². The Morgan fingerprint density at radius 2 is 1.98 bits per heavy atom. The summed E-state index contributed by atoms with van der Waals surface area (Å²) in [4.78, 5) is 9.32. The molecule has 1 fully saturated rings. The van der Waals surface area contributed by atoms with Gasteiger partial charge >= 0.3 is 0 Å². The van der Waals surface area contributed by atoms with Crippen molar-refractivity contribution in [3.05, 3.63) is 75.1 Å². The number of piperidine rings is 1. The predicted octanol–water partition coefficient (Wildman–Crippen LogP) is 3.79. The van der Waals surface area contributed by atoms with Gasteiger partial charge in [-0.15, -0.1) is 0 Å². The molecule has 3 heterocycles. The first kappa shape index (κ1) is 32.1. The van der Waals surface area contributed by atoms with E-state index in [9.17, 15) is 5.11 Å². The predicted molar refractivity (Wildman–Crippen MR) is 175 cm³/mol. The van der Waals surface area contributed by atoms with Crippen molar-refractivity contribution in [1.29, 1.82) is 5.41 Å². The zero-order chi connectivity index (χ0) is 31.4. The van der Waals surface area contributed by atoms with Gasteiger partial charge in [-0.3, -0.25) is 5.41 Å². The molecule has 3 aromatic rings. The number of rotatable bonds is 11. The summed E-state index contributed by atoms with van der Waals surface area (Å²) in [5.41, 5.74) is 16.0. The molecule has 0 saturated carbocycles. The molecule has 5 atom stereocenters. The minimum Gasteiger partial charge on any atom is -0.373 e. The molecule has 1 aromatic heterocycles. The Balaban J connectivity index is 1.29. The summed E-state index contributed by atoms with van der Waals surface area (Å²) in [6.45, 7) is 4.50. The molecule has 0 aliphatic carbocycles. The second-order valence-electron chi connectivity index (χ2n) is 12.2. The molecule has 44 heavy (non-hydrogen) atoms. The number of hydrogen-bond acceptors (Lipinski definition) is 7. The second-order valence-corrected chi connectivity index (χ2v) is 12.6. The van der Waals surface area contributed by atoms with Crippen molar-refractivity contribution in [2.45, 2.75) is 89.3 Å². The fourth-order valence-electron chi connectivity index (χ4n) is 5.96. The topological polar surface area (TPSA) is 152 Å². The van der Waals surface area contributed by atoms with Crippen LogP contribution in [0.1, 0.15) is 69.5 Å². The number of aliphatic hydroxyl groups is 1. The maximum Gasteiger partial charge on any atom is 0.231 e. The number of aromatic nitrogens is 1. The first-order valence-corrected chi connectivity index (χ1v) is 15.9. The fourth-order valence-corrected chi connectivity index (χ4v) is 6.20. The molecule has 2 aliphatic heterocycles. The van der Waals surface area contributed by atoms with Gasteiger partial charge in [0.2, 0.25) is 6.35 Å². The van der Waals surface area contributed by atoms with Crippen LogP contribution in [0.25, 0.3) is 17.5 Å². The highest BCUT2D eigenvalue weighted by atomic mass is 35.5. The number of benzene rings is 2. The van der Waals surface area contributed by atoms with Gasteiger partial charge in [-0.05, 0) is 93.8 Å². The molecule has 9 N–H and O–H groups in total. The number of H-pyrrole nitrogens is 1. The summed E-state index contributed by atoms with van der Waals surface area (Å²) in [7, 11) is 0. The lowest BCUT2D eigenvalue weighted by Crippen LogP contribution is -2.42. The number of nitrogens with one attached hydrogen (secondary N) is 4. The maximum absolute atomic E-state index is 15.1. The lowest BCUT2D eigenvalue weighted by Gasteiger charge is -2.32. The molecule has 9 nitrogen and oxygen atoms in total. The van der Waals surface area contributed by atoms with Gasteiger partial charge in [0.05, 0.1) is 16.8 Å². The van der Waals surface area contributed by atoms with Crippen molar-refractivity contribution in [2.75, 3.05) is 11.4 Å². The van der Waals surface area contributed by atoms with Gasteiger partial charge in [-0.2, -0.15) is 0 Å². The number of hydrogen-bond donors (Lipinski definition) is 7. The van der Waals surface area contributed by atoms with Crippen LogP contribution in [-0.4, -0.2) is 46.9 Å². The average Bonchev–Trinajstić information content (AvgIpc) is 3.41. The van der Waals surface area contributed by atoms with E-state index in [0.29, 0.717) is 28.6 Å². The van der Waals surface area contributed by atoms with Gasteiger partial charge in [0.25, 0.3) is 0 Å². The van der Waals surface area contributed by atoms with E-state index >= 15 is 4.39 Å². The van der Waals surface area contributed by atoms with Crippen LogP contribution in [0.3, 0.4) is 0 Å². The van der Waals surface area contributed by atoms with E-state index in [1.165, 1.54) is 5.56 Å². The number of halogens is 2. The SMILES string of the molecule is C[C@H](N)CCCc1cc(Cl)c(F)c(-c2cc3c([nH]2)=NC(O)N(c2ccc([C@@H]4CCC[C@@H](CCNC(=N)[C@@H](C)N)N4)cc2)C=3)c1. The highest BCUT2D eigenvalue weighted by molar-refractivity contribution is 6.31. The van der Waals surface area contributed by atoms with E-state index in [1.807, 2.05) is 37.4 Å². The van der Waals surface area contributed by atoms with Crippen LogP contribution in [0.15, 0.2) is 47.5 Å². The first-order valence-electron chi connectivity index (χ1n) is 15.5. The van der Waals surface area contributed by atoms with Gasteiger partial charge in [-0.25, -0.2) is 9.38 Å². The van der Waals surface area contributed by atoms with E-state index in [0.717, 1.165) is 68.0 Å². The molecule has 2 aromatic carbocycles. The van der Waals surface area contributed by atoms with E-state index in [1.54, 1.807) is 17.9 Å². The Hall–Kier alpha value is -3.28. The van der Waals surface area contributed by atoms with Crippen LogP contribution in [0.5, 0.6) is 0 Å². The Morgan fingerprint density at radius 1 is 1.20 bits per heavy atom. The fraction of sp³-hybridized carbons (Fsp3) is 0.455. The minimum atomic E-state index is -1.13. The molecule has 0 amide bonds. The van der Waals surface area contributed by atoms with E-state index < -0.39 is 12.2 Å². The quantitative estimate of drug-likeness (QED) is 0.128. The number of nitrogens with zero attached hydrogens (tertiary/aromatic N) is 2. The maximum atomic E-state index is 15.1. The molecular weight excluding hydrogens is 579 g/mol. The van der Waals surface area contributed by atoms with E-state index in [2.05, 4.69) is 32.7 Å². The number of anilines is 1. The molecular formula is C33H44ClFN8O. The lowest BCUT2D eigenvalue weighted by atomic mass is 9.92. The monoisotopic (exact) mass is 622 g/mol. The van der Waals surface area contributed by atoms with Crippen molar-refractivity contribution in [3.63, 3.8) is 0 Å². The molecule has 0 bridgehead atoms. The van der Waals surface area contributed by atoms with Crippen molar-refractivity contribution in [3.8, 4) is 11.3 Å². The van der Waals surface area contributed by atoms with Crippen molar-refractivity contribution in [1.82, 2.24) is 15.6 Å². The molecule has 2 aliphatic rings. The number of aryl methyl sites for hydroxylation is 1. The van der Waals surface area contributed by atoms with E-state index in [4.69, 9.17) is 28.5 Å². The molecule has 1 saturated heterocycles. The van der Waals surface area contributed by atoms with Crippen LogP contribution >= 0.6 is 11.6 Å². The van der Waals surface area contributed by atoms with Gasteiger partial charge in [0, 0.05) is 47.3 Å². The summed E-state index contributed by atoms with van der Waals surface area (Å²) < 4.78 is 15.1. The molecule has 1 unspecified atom stereocenters. The lowest BCUT2D eigenvalue weighted by molar-refractivity contribution is 0.186. The normalized spacial score (nSPS) is 21.2. The standard InChI is InChI=1S/C33H44ClFN8O/c1-19(36)5-3-6-21-15-26(30(35)27(34)16-21)29-17-23-18-43(33(44)42-32(23)41-29)25-11-9-22(10-12-25)28-8-4-7-24(40-28)13-14-39-31(38)20(2)37/h9-12,15-20,24,28,33,40,44H,3-8,13-14,36-37H2,1-2H3,(H2,38,39)(H,41,42)/t19-,20+,24-,28-,33?/m0/s1. The number of aromatic amines is 1. The van der Waals surface area contributed by atoms with Crippen molar-refractivity contribution in [2.24, 2.45) is 16.5 Å². The highest BCUT2D eigenvalue weighted by Gasteiger charge is 2.24. The number of aliphatic hydroxyl groups excluding tert-OH is 1. The zero-order valence-corrected chi connectivity index (χ0v) is 26.2. The van der Waals surface area contributed by atoms with Crippen LogP contribution < -0.4 is 37.7 Å². The van der Waals surface area contributed by atoms with Crippen molar-refractivity contribution < 1.29 is 9.50 Å². The molecule has 11 heteroatoms. The Morgan fingerprint density at radius 3 is 2.70 bits per heavy atom. The number of amidine groups is 1. The van der Waals surface area contributed by atoms with Crippen molar-refractivity contribution >= 4 is 29.3 Å². The minimum absolute atomic E-state index is 0.0747.